The van der Waals surface area contributed by atoms with Crippen LogP contribution in [0.2, 0.25) is 0 Å². The number of fused-ring (bicyclic) bond motifs is 1. The van der Waals surface area contributed by atoms with E-state index in [9.17, 15) is 0 Å². The Hall–Kier alpha value is -1.27. The van der Waals surface area contributed by atoms with Gasteiger partial charge < -0.3 is 5.32 Å². The van der Waals surface area contributed by atoms with Crippen molar-refractivity contribution in [2.45, 2.75) is 45.6 Å². The van der Waals surface area contributed by atoms with Crippen molar-refractivity contribution in [1.29, 1.82) is 0 Å². The van der Waals surface area contributed by atoms with Gasteiger partial charge in [-0.1, -0.05) is 18.3 Å². The monoisotopic (exact) mass is 277 g/mol. The van der Waals surface area contributed by atoms with Crippen LogP contribution in [-0.4, -0.2) is 26.3 Å². The van der Waals surface area contributed by atoms with Crippen LogP contribution in [0.3, 0.4) is 0 Å². The average Bonchev–Trinajstić information content (AvgIpc) is 3.05. The van der Waals surface area contributed by atoms with E-state index in [-0.39, 0.29) is 0 Å². The van der Waals surface area contributed by atoms with Crippen molar-refractivity contribution >= 4 is 11.3 Å². The fourth-order valence-electron chi connectivity index (χ4n) is 2.42. The van der Waals surface area contributed by atoms with Gasteiger partial charge in [-0.05, 0) is 38.6 Å². The maximum absolute atomic E-state index is 4.50. The lowest BCUT2D eigenvalue weighted by molar-refractivity contribution is 0.654. The third-order valence-electron chi connectivity index (χ3n) is 3.40. The predicted molar refractivity (Wildman–Crippen MR) is 75.7 cm³/mol. The zero-order valence-electron chi connectivity index (χ0n) is 11.2. The lowest BCUT2D eigenvalue weighted by Crippen LogP contribution is -2.13. The number of aryl methyl sites for hydroxylation is 1. The molecular weight excluding hydrogens is 258 g/mol. The Balaban J connectivity index is 1.77. The van der Waals surface area contributed by atoms with Crippen LogP contribution in [0.25, 0.3) is 5.13 Å². The number of nitrogens with zero attached hydrogens (tertiary/aromatic N) is 4. The molecule has 102 valence electrons. The van der Waals surface area contributed by atoms with E-state index >= 15 is 0 Å². The van der Waals surface area contributed by atoms with Crippen LogP contribution >= 0.6 is 11.3 Å². The zero-order chi connectivity index (χ0) is 13.1. The molecule has 0 aromatic carbocycles. The molecule has 0 unspecified atom stereocenters. The van der Waals surface area contributed by atoms with E-state index in [2.05, 4.69) is 32.0 Å². The summed E-state index contributed by atoms with van der Waals surface area (Å²) in [5.74, 6) is 0. The molecule has 19 heavy (non-hydrogen) atoms. The first-order valence-corrected chi connectivity index (χ1v) is 7.78. The number of hydrogen-bond donors (Lipinski definition) is 1. The van der Waals surface area contributed by atoms with Crippen LogP contribution < -0.4 is 5.32 Å². The smallest absolute Gasteiger partial charge is 0.217 e. The molecule has 2 aromatic heterocycles. The number of rotatable bonds is 5. The Morgan fingerprint density at radius 3 is 3.11 bits per heavy atom. The lowest BCUT2D eigenvalue weighted by atomic mass is 10.0. The van der Waals surface area contributed by atoms with Gasteiger partial charge in [0.05, 0.1) is 5.69 Å². The minimum atomic E-state index is 0.808. The molecule has 6 heteroatoms. The highest BCUT2D eigenvalue weighted by Gasteiger charge is 2.18. The summed E-state index contributed by atoms with van der Waals surface area (Å²) in [6, 6.07) is 0. The highest BCUT2D eigenvalue weighted by Crippen LogP contribution is 2.24. The van der Waals surface area contributed by atoms with E-state index < -0.39 is 0 Å². The van der Waals surface area contributed by atoms with Crippen molar-refractivity contribution in [3.05, 3.63) is 22.7 Å². The first-order chi connectivity index (χ1) is 9.38. The van der Waals surface area contributed by atoms with Gasteiger partial charge in [0, 0.05) is 12.2 Å². The summed E-state index contributed by atoms with van der Waals surface area (Å²) in [6.45, 7) is 3.99. The second-order valence-corrected chi connectivity index (χ2v) is 5.91. The van der Waals surface area contributed by atoms with Crippen molar-refractivity contribution in [3.8, 4) is 5.13 Å². The summed E-state index contributed by atoms with van der Waals surface area (Å²) in [6.07, 6.45) is 7.76. The van der Waals surface area contributed by atoms with Gasteiger partial charge >= 0.3 is 0 Å². The van der Waals surface area contributed by atoms with Crippen molar-refractivity contribution < 1.29 is 0 Å². The summed E-state index contributed by atoms with van der Waals surface area (Å²) < 4.78 is 2.12. The molecule has 1 aliphatic carbocycles. The van der Waals surface area contributed by atoms with E-state index in [1.54, 1.807) is 11.3 Å². The Kier molecular flexibility index (Phi) is 3.89. The molecule has 1 N–H and O–H groups in total. The van der Waals surface area contributed by atoms with Crippen LogP contribution in [-0.2, 0) is 19.4 Å². The molecule has 1 aliphatic rings. The zero-order valence-corrected chi connectivity index (χ0v) is 12.0. The Labute approximate surface area is 117 Å². The van der Waals surface area contributed by atoms with Crippen molar-refractivity contribution in [3.63, 3.8) is 0 Å². The van der Waals surface area contributed by atoms with Crippen molar-refractivity contribution in [2.24, 2.45) is 0 Å². The summed E-state index contributed by atoms with van der Waals surface area (Å²) in [5.41, 5.74) is 2.57. The van der Waals surface area contributed by atoms with Gasteiger partial charge in [-0.15, -0.1) is 10.2 Å². The van der Waals surface area contributed by atoms with E-state index in [4.69, 9.17) is 0 Å². The van der Waals surface area contributed by atoms with Crippen LogP contribution in [0.4, 0.5) is 0 Å². The maximum Gasteiger partial charge on any atom is 0.217 e. The van der Waals surface area contributed by atoms with E-state index in [1.807, 2.05) is 6.33 Å². The second kappa shape index (κ2) is 5.79. The van der Waals surface area contributed by atoms with Crippen LogP contribution in [0.15, 0.2) is 6.33 Å². The fourth-order valence-corrected chi connectivity index (χ4v) is 3.22. The number of imidazole rings is 1. The second-order valence-electron chi connectivity index (χ2n) is 4.87. The topological polar surface area (TPSA) is 55.6 Å². The quantitative estimate of drug-likeness (QED) is 0.850. The largest absolute Gasteiger partial charge is 0.310 e. The lowest BCUT2D eigenvalue weighted by Gasteiger charge is -2.11. The normalized spacial score (nSPS) is 14.6. The molecule has 0 saturated carbocycles. The standard InChI is InChI=1S/C13H19N5S/c1-2-7-14-8-12-16-17-13(19-12)18-9-15-10-5-3-4-6-11(10)18/h9,14H,2-8H2,1H3. The molecule has 0 spiro atoms. The molecule has 0 bridgehead atoms. The summed E-state index contributed by atoms with van der Waals surface area (Å²) in [4.78, 5) is 4.50. The van der Waals surface area contributed by atoms with E-state index in [1.165, 1.54) is 24.2 Å². The fraction of sp³-hybridized carbons (Fsp3) is 0.615. The number of aromatic nitrogens is 4. The van der Waals surface area contributed by atoms with Crippen molar-refractivity contribution in [1.82, 2.24) is 25.1 Å². The van der Waals surface area contributed by atoms with E-state index in [0.717, 1.165) is 42.5 Å². The number of nitrogens with one attached hydrogen (secondary N) is 1. The molecule has 0 saturated heterocycles. The average molecular weight is 277 g/mol. The van der Waals surface area contributed by atoms with Gasteiger partial charge in [0.15, 0.2) is 0 Å². The Bertz CT molecular complexity index is 545. The molecule has 5 nitrogen and oxygen atoms in total. The summed E-state index contributed by atoms with van der Waals surface area (Å²) in [7, 11) is 0. The SMILES string of the molecule is CCCNCc1nnc(-n2cnc3c2CCCC3)s1. The van der Waals surface area contributed by atoms with Crippen LogP contribution in [0.1, 0.15) is 42.6 Å². The van der Waals surface area contributed by atoms with Gasteiger partial charge in [-0.25, -0.2) is 4.98 Å². The summed E-state index contributed by atoms with van der Waals surface area (Å²) in [5, 5.41) is 13.9. The van der Waals surface area contributed by atoms with Crippen molar-refractivity contribution in [2.75, 3.05) is 6.54 Å². The highest BCUT2D eigenvalue weighted by molar-refractivity contribution is 7.13. The van der Waals surface area contributed by atoms with Gasteiger partial charge in [0.25, 0.3) is 0 Å². The van der Waals surface area contributed by atoms with Crippen LogP contribution in [0.5, 0.6) is 0 Å². The Morgan fingerprint density at radius 2 is 2.21 bits per heavy atom. The molecule has 0 atom stereocenters. The number of hydrogen-bond acceptors (Lipinski definition) is 5. The summed E-state index contributed by atoms with van der Waals surface area (Å²) >= 11 is 1.65. The van der Waals surface area contributed by atoms with Gasteiger partial charge in [-0.3, -0.25) is 4.57 Å². The molecule has 3 rings (SSSR count). The maximum atomic E-state index is 4.50. The minimum absolute atomic E-state index is 0.808. The van der Waals surface area contributed by atoms with Gasteiger partial charge in [0.2, 0.25) is 5.13 Å². The van der Waals surface area contributed by atoms with Crippen LogP contribution in [0, 0.1) is 0 Å². The molecule has 2 aromatic rings. The predicted octanol–water partition coefficient (Wildman–Crippen LogP) is 2.10. The molecule has 0 aliphatic heterocycles. The molecule has 0 radical (unpaired) electrons. The first-order valence-electron chi connectivity index (χ1n) is 6.97. The highest BCUT2D eigenvalue weighted by atomic mass is 32.1. The minimum Gasteiger partial charge on any atom is -0.310 e. The first kappa shape index (κ1) is 12.7. The third-order valence-corrected chi connectivity index (χ3v) is 4.32. The Morgan fingerprint density at radius 1 is 1.32 bits per heavy atom. The van der Waals surface area contributed by atoms with Gasteiger partial charge in [0.1, 0.15) is 11.3 Å². The third kappa shape index (κ3) is 2.69. The molecular formula is C13H19N5S. The molecule has 0 fully saturated rings. The van der Waals surface area contributed by atoms with E-state index in [0.29, 0.717) is 0 Å². The molecule has 0 amide bonds. The van der Waals surface area contributed by atoms with Gasteiger partial charge in [-0.2, -0.15) is 0 Å². The molecule has 2 heterocycles.